The summed E-state index contributed by atoms with van der Waals surface area (Å²) in [5.74, 6) is -2.36. The van der Waals surface area contributed by atoms with Crippen LogP contribution in [0.1, 0.15) is 19.3 Å². The van der Waals surface area contributed by atoms with Gasteiger partial charge in [-0.1, -0.05) is 11.6 Å². The lowest BCUT2D eigenvalue weighted by Crippen LogP contribution is -2.49. The maximum absolute atomic E-state index is 12.9. The molecule has 0 unspecified atom stereocenters. The summed E-state index contributed by atoms with van der Waals surface area (Å²) in [6.45, 7) is 0.0451. The van der Waals surface area contributed by atoms with Crippen molar-refractivity contribution in [3.63, 3.8) is 0 Å². The number of hydrogen-bond acceptors (Lipinski definition) is 3. The highest BCUT2D eigenvalue weighted by Gasteiger charge is 2.35. The molecule has 0 atom stereocenters. The first-order valence-electron chi connectivity index (χ1n) is 6.16. The van der Waals surface area contributed by atoms with Crippen molar-refractivity contribution in [2.24, 2.45) is 0 Å². The van der Waals surface area contributed by atoms with Gasteiger partial charge in [0.1, 0.15) is 5.82 Å². The first-order chi connectivity index (χ1) is 9.39. The number of anilines is 1. The Labute approximate surface area is 120 Å². The van der Waals surface area contributed by atoms with Crippen LogP contribution in [0.15, 0.2) is 18.2 Å². The highest BCUT2D eigenvalue weighted by Crippen LogP contribution is 2.30. The smallest absolute Gasteiger partial charge is 0.313 e. The summed E-state index contributed by atoms with van der Waals surface area (Å²) in [5, 5.41) is 14.3. The predicted octanol–water partition coefficient (Wildman–Crippen LogP) is 1.45. The number of aliphatic hydroxyl groups is 1. The number of benzene rings is 1. The van der Waals surface area contributed by atoms with Crippen molar-refractivity contribution in [1.29, 1.82) is 0 Å². The maximum Gasteiger partial charge on any atom is 0.313 e. The molecule has 0 heterocycles. The van der Waals surface area contributed by atoms with Crippen LogP contribution in [0.3, 0.4) is 0 Å². The average Bonchev–Trinajstić information content (AvgIpc) is 2.38. The number of amides is 2. The summed E-state index contributed by atoms with van der Waals surface area (Å²) in [5.41, 5.74) is -0.673. The highest BCUT2D eigenvalue weighted by molar-refractivity contribution is 6.39. The minimum atomic E-state index is -0.894. The fourth-order valence-corrected chi connectivity index (χ4v) is 2.03. The van der Waals surface area contributed by atoms with Crippen molar-refractivity contribution in [3.8, 4) is 0 Å². The number of rotatable bonds is 3. The van der Waals surface area contributed by atoms with Gasteiger partial charge < -0.3 is 15.7 Å². The minimum absolute atomic E-state index is 0.0451. The van der Waals surface area contributed by atoms with Gasteiger partial charge in [0.15, 0.2) is 0 Å². The molecule has 5 nitrogen and oxygen atoms in total. The average molecular weight is 301 g/mol. The van der Waals surface area contributed by atoms with Crippen molar-refractivity contribution < 1.29 is 19.1 Å². The zero-order valence-corrected chi connectivity index (χ0v) is 11.3. The molecule has 1 aliphatic rings. The first-order valence-corrected chi connectivity index (χ1v) is 6.54. The molecule has 0 spiro atoms. The van der Waals surface area contributed by atoms with E-state index >= 15 is 0 Å². The molecule has 1 aliphatic carbocycles. The van der Waals surface area contributed by atoms with E-state index in [1.54, 1.807) is 0 Å². The molecule has 0 bridgehead atoms. The normalized spacial score (nSPS) is 16.1. The van der Waals surface area contributed by atoms with E-state index in [1.807, 2.05) is 0 Å². The SMILES string of the molecule is O=C(NCC1(O)CCC1)C(=O)Nc1ccc(F)c(Cl)c1. The Bertz CT molecular complexity index is 546. The quantitative estimate of drug-likeness (QED) is 0.739. The predicted molar refractivity (Wildman–Crippen MR) is 71.9 cm³/mol. The van der Waals surface area contributed by atoms with E-state index in [4.69, 9.17) is 11.6 Å². The molecule has 0 aromatic heterocycles. The van der Waals surface area contributed by atoms with E-state index < -0.39 is 23.2 Å². The monoisotopic (exact) mass is 300 g/mol. The third-order valence-corrected chi connectivity index (χ3v) is 3.54. The van der Waals surface area contributed by atoms with Crippen LogP contribution in [0.2, 0.25) is 5.02 Å². The lowest BCUT2D eigenvalue weighted by atomic mass is 9.80. The van der Waals surface area contributed by atoms with Crippen molar-refractivity contribution >= 4 is 29.1 Å². The van der Waals surface area contributed by atoms with Crippen LogP contribution in [-0.2, 0) is 9.59 Å². The number of carbonyl (C=O) groups excluding carboxylic acids is 2. The van der Waals surface area contributed by atoms with E-state index in [0.717, 1.165) is 12.5 Å². The Morgan fingerprint density at radius 1 is 1.35 bits per heavy atom. The van der Waals surface area contributed by atoms with Gasteiger partial charge in [0.2, 0.25) is 0 Å². The lowest BCUT2D eigenvalue weighted by molar-refractivity contribution is -0.137. The molecular formula is C13H14ClFN2O3. The molecule has 1 fully saturated rings. The van der Waals surface area contributed by atoms with Crippen molar-refractivity contribution in [2.75, 3.05) is 11.9 Å². The van der Waals surface area contributed by atoms with E-state index in [0.29, 0.717) is 12.8 Å². The van der Waals surface area contributed by atoms with Crippen LogP contribution in [0, 0.1) is 5.82 Å². The molecule has 1 aromatic carbocycles. The summed E-state index contributed by atoms with van der Waals surface area (Å²) in [6, 6.07) is 3.60. The molecule has 108 valence electrons. The number of carbonyl (C=O) groups is 2. The van der Waals surface area contributed by atoms with Gasteiger partial charge in [0.25, 0.3) is 0 Å². The van der Waals surface area contributed by atoms with Crippen LogP contribution >= 0.6 is 11.6 Å². The molecule has 1 aromatic rings. The van der Waals surface area contributed by atoms with Gasteiger partial charge in [-0.2, -0.15) is 0 Å². The summed E-state index contributed by atoms with van der Waals surface area (Å²) in [6.07, 6.45) is 2.14. The number of hydrogen-bond donors (Lipinski definition) is 3. The van der Waals surface area contributed by atoms with Crippen LogP contribution in [0.4, 0.5) is 10.1 Å². The second-order valence-corrected chi connectivity index (χ2v) is 5.25. The second kappa shape index (κ2) is 5.76. The third-order valence-electron chi connectivity index (χ3n) is 3.25. The van der Waals surface area contributed by atoms with E-state index in [2.05, 4.69) is 10.6 Å². The van der Waals surface area contributed by atoms with Crippen molar-refractivity contribution in [1.82, 2.24) is 5.32 Å². The van der Waals surface area contributed by atoms with Crippen molar-refractivity contribution in [2.45, 2.75) is 24.9 Å². The molecule has 1 saturated carbocycles. The summed E-state index contributed by atoms with van der Waals surface area (Å²) >= 11 is 5.56. The minimum Gasteiger partial charge on any atom is -0.388 e. The van der Waals surface area contributed by atoms with Gasteiger partial charge in [-0.05, 0) is 37.5 Å². The standard InChI is InChI=1S/C13H14ClFN2O3/c14-9-6-8(2-3-10(9)15)17-12(19)11(18)16-7-13(20)4-1-5-13/h2-3,6,20H,1,4-5,7H2,(H,16,18)(H,17,19). The molecule has 0 saturated heterocycles. The van der Waals surface area contributed by atoms with E-state index in [-0.39, 0.29) is 17.3 Å². The third kappa shape index (κ3) is 3.46. The van der Waals surface area contributed by atoms with E-state index in [9.17, 15) is 19.1 Å². The van der Waals surface area contributed by atoms with Crippen LogP contribution in [-0.4, -0.2) is 29.1 Å². The van der Waals surface area contributed by atoms with Gasteiger partial charge in [0.05, 0.1) is 10.6 Å². The topological polar surface area (TPSA) is 78.4 Å². The first kappa shape index (κ1) is 14.7. The van der Waals surface area contributed by atoms with Gasteiger partial charge in [-0.15, -0.1) is 0 Å². The molecule has 2 amide bonds. The van der Waals surface area contributed by atoms with Gasteiger partial charge in [-0.3, -0.25) is 9.59 Å². The van der Waals surface area contributed by atoms with Gasteiger partial charge >= 0.3 is 11.8 Å². The van der Waals surface area contributed by atoms with Crippen LogP contribution in [0.25, 0.3) is 0 Å². The fraction of sp³-hybridized carbons (Fsp3) is 0.385. The maximum atomic E-state index is 12.9. The second-order valence-electron chi connectivity index (χ2n) is 4.84. The van der Waals surface area contributed by atoms with E-state index in [1.165, 1.54) is 12.1 Å². The summed E-state index contributed by atoms with van der Waals surface area (Å²) < 4.78 is 12.9. The molecule has 2 rings (SSSR count). The number of nitrogens with one attached hydrogen (secondary N) is 2. The van der Waals surface area contributed by atoms with Gasteiger partial charge in [0, 0.05) is 12.2 Å². The lowest BCUT2D eigenvalue weighted by Gasteiger charge is -2.36. The Balaban J connectivity index is 1.87. The van der Waals surface area contributed by atoms with Crippen LogP contribution in [0.5, 0.6) is 0 Å². The van der Waals surface area contributed by atoms with Gasteiger partial charge in [-0.25, -0.2) is 4.39 Å². The molecule has 20 heavy (non-hydrogen) atoms. The summed E-state index contributed by atoms with van der Waals surface area (Å²) in [7, 11) is 0. The molecule has 3 N–H and O–H groups in total. The summed E-state index contributed by atoms with van der Waals surface area (Å²) in [4.78, 5) is 23.1. The zero-order chi connectivity index (χ0) is 14.8. The molecular weight excluding hydrogens is 287 g/mol. The highest BCUT2D eigenvalue weighted by atomic mass is 35.5. The zero-order valence-electron chi connectivity index (χ0n) is 10.6. The fourth-order valence-electron chi connectivity index (χ4n) is 1.85. The Morgan fingerprint density at radius 3 is 2.60 bits per heavy atom. The Hall–Kier alpha value is -1.66. The van der Waals surface area contributed by atoms with Crippen molar-refractivity contribution in [3.05, 3.63) is 29.0 Å². The Kier molecular flexibility index (Phi) is 4.25. The van der Waals surface area contributed by atoms with Crippen LogP contribution < -0.4 is 10.6 Å². The molecule has 0 aliphatic heterocycles. The Morgan fingerprint density at radius 2 is 2.05 bits per heavy atom. The number of halogens is 2. The molecule has 0 radical (unpaired) electrons. The largest absolute Gasteiger partial charge is 0.388 e. The molecule has 7 heteroatoms.